The molecule has 1 aliphatic heterocycles. The lowest BCUT2D eigenvalue weighted by Crippen LogP contribution is -2.49. The summed E-state index contributed by atoms with van der Waals surface area (Å²) in [4.78, 5) is 40.2. The summed E-state index contributed by atoms with van der Waals surface area (Å²) in [5, 5.41) is 3.92. The van der Waals surface area contributed by atoms with Gasteiger partial charge in [-0.05, 0) is 60.7 Å². The average molecular weight is 541 g/mol. The van der Waals surface area contributed by atoms with Gasteiger partial charge in [0.2, 0.25) is 11.0 Å². The van der Waals surface area contributed by atoms with E-state index in [1.807, 2.05) is 6.07 Å². The molecular formula is C24H18BrFN4O3S. The van der Waals surface area contributed by atoms with Crippen LogP contribution < -0.4 is 15.6 Å². The first-order chi connectivity index (χ1) is 16.3. The van der Waals surface area contributed by atoms with Crippen LogP contribution >= 0.6 is 28.1 Å². The second-order valence-corrected chi connectivity index (χ2v) is 8.67. The number of amides is 3. The summed E-state index contributed by atoms with van der Waals surface area (Å²) in [5.74, 6) is -2.16. The molecule has 3 aromatic carbocycles. The lowest BCUT2D eigenvalue weighted by molar-refractivity contribution is -0.124. The number of halogens is 2. The maximum atomic E-state index is 13.6. The molecule has 7 nitrogen and oxygen atoms in total. The van der Waals surface area contributed by atoms with Crippen molar-refractivity contribution in [1.82, 2.24) is 10.4 Å². The molecule has 0 radical (unpaired) electrons. The third-order valence-electron chi connectivity index (χ3n) is 5.02. The molecule has 1 unspecified atom stereocenters. The van der Waals surface area contributed by atoms with Crippen molar-refractivity contribution in [3.63, 3.8) is 0 Å². The van der Waals surface area contributed by atoms with E-state index in [0.29, 0.717) is 11.4 Å². The van der Waals surface area contributed by atoms with E-state index in [9.17, 15) is 18.8 Å². The van der Waals surface area contributed by atoms with Gasteiger partial charge in [-0.25, -0.2) is 9.40 Å². The number of para-hydroxylation sites is 1. The Morgan fingerprint density at radius 1 is 1.00 bits per heavy atom. The van der Waals surface area contributed by atoms with Crippen molar-refractivity contribution in [2.45, 2.75) is 12.5 Å². The highest BCUT2D eigenvalue weighted by atomic mass is 79.9. The van der Waals surface area contributed by atoms with E-state index in [1.165, 1.54) is 28.1 Å². The van der Waals surface area contributed by atoms with Crippen LogP contribution in [0.4, 0.5) is 15.8 Å². The van der Waals surface area contributed by atoms with Gasteiger partial charge < -0.3 is 5.32 Å². The second-order valence-electron chi connectivity index (χ2n) is 7.39. The minimum absolute atomic E-state index is 0.00112. The first-order valence-electron chi connectivity index (χ1n) is 10.2. The van der Waals surface area contributed by atoms with E-state index in [-0.39, 0.29) is 17.1 Å². The number of benzene rings is 3. The molecule has 0 bridgehead atoms. The van der Waals surface area contributed by atoms with Gasteiger partial charge in [0.25, 0.3) is 11.8 Å². The first kappa shape index (κ1) is 23.5. The van der Waals surface area contributed by atoms with Crippen molar-refractivity contribution < 1.29 is 18.8 Å². The number of hydrogen-bond acceptors (Lipinski definition) is 4. The molecule has 3 amide bonds. The van der Waals surface area contributed by atoms with E-state index < -0.39 is 29.6 Å². The highest BCUT2D eigenvalue weighted by Gasteiger charge is 2.45. The maximum absolute atomic E-state index is 13.6. The van der Waals surface area contributed by atoms with Crippen molar-refractivity contribution in [3.8, 4) is 0 Å². The van der Waals surface area contributed by atoms with E-state index >= 15 is 0 Å². The van der Waals surface area contributed by atoms with Gasteiger partial charge in [0.15, 0.2) is 0 Å². The quantitative estimate of drug-likeness (QED) is 0.456. The van der Waals surface area contributed by atoms with Gasteiger partial charge in [-0.15, -0.1) is 0 Å². The summed E-state index contributed by atoms with van der Waals surface area (Å²) in [6, 6.07) is 19.7. The summed E-state index contributed by atoms with van der Waals surface area (Å²) in [5.41, 5.74) is 3.66. The minimum atomic E-state index is -1.10. The number of rotatable bonds is 6. The molecule has 1 fully saturated rings. The van der Waals surface area contributed by atoms with E-state index in [4.69, 9.17) is 12.2 Å². The zero-order valence-corrected chi connectivity index (χ0v) is 20.0. The van der Waals surface area contributed by atoms with Crippen LogP contribution in [0.15, 0.2) is 83.3 Å². The topological polar surface area (TPSA) is 81.8 Å². The first-order valence-corrected chi connectivity index (χ1v) is 11.4. The van der Waals surface area contributed by atoms with Crippen LogP contribution in [0.5, 0.6) is 0 Å². The molecule has 2 N–H and O–H groups in total. The molecule has 1 aliphatic rings. The predicted molar refractivity (Wildman–Crippen MR) is 133 cm³/mol. The van der Waals surface area contributed by atoms with Gasteiger partial charge in [-0.2, -0.15) is 0 Å². The molecule has 1 atom stereocenters. The molecular weight excluding hydrogens is 523 g/mol. The summed E-state index contributed by atoms with van der Waals surface area (Å²) in [6.45, 7) is 0. The van der Waals surface area contributed by atoms with Crippen molar-refractivity contribution in [3.05, 3.63) is 94.7 Å². The fourth-order valence-corrected chi connectivity index (χ4v) is 4.24. The lowest BCUT2D eigenvalue weighted by Gasteiger charge is -2.24. The van der Waals surface area contributed by atoms with Crippen LogP contribution in [-0.4, -0.2) is 33.9 Å². The number of nitrogens with zero attached hydrogens (tertiary/aromatic N) is 2. The van der Waals surface area contributed by atoms with E-state index in [0.717, 1.165) is 10.5 Å². The Labute approximate surface area is 208 Å². The van der Waals surface area contributed by atoms with Crippen molar-refractivity contribution >= 4 is 62.4 Å². The summed E-state index contributed by atoms with van der Waals surface area (Å²) < 4.78 is 14.4. The SMILES string of the molecule is O=C(CC1C(=O)N(c2ccccc2)C(=S)N1NC(=O)c1cccc(F)c1)Nc1cccc(Br)c1. The van der Waals surface area contributed by atoms with Crippen LogP contribution in [-0.2, 0) is 9.59 Å². The molecule has 0 saturated carbocycles. The van der Waals surface area contributed by atoms with E-state index in [2.05, 4.69) is 26.7 Å². The molecule has 34 heavy (non-hydrogen) atoms. The summed E-state index contributed by atoms with van der Waals surface area (Å²) >= 11 is 8.84. The van der Waals surface area contributed by atoms with Crippen molar-refractivity contribution in [2.24, 2.45) is 0 Å². The Bertz CT molecular complexity index is 1270. The van der Waals surface area contributed by atoms with Crippen LogP contribution in [0, 0.1) is 5.82 Å². The van der Waals surface area contributed by atoms with Crippen molar-refractivity contribution in [2.75, 3.05) is 10.2 Å². The zero-order chi connectivity index (χ0) is 24.2. The molecule has 1 heterocycles. The van der Waals surface area contributed by atoms with Gasteiger partial charge in [-0.1, -0.05) is 46.3 Å². The Hall–Kier alpha value is -3.63. The second kappa shape index (κ2) is 10.1. The molecule has 3 aromatic rings. The largest absolute Gasteiger partial charge is 0.326 e. The molecule has 0 aliphatic carbocycles. The van der Waals surface area contributed by atoms with Gasteiger partial charge in [0.05, 0.1) is 12.1 Å². The Morgan fingerprint density at radius 3 is 2.44 bits per heavy atom. The molecule has 0 spiro atoms. The molecule has 4 rings (SSSR count). The standard InChI is InChI=1S/C24H18BrFN4O3S/c25-16-7-5-9-18(13-16)27-21(31)14-20-23(33)29(19-10-2-1-3-11-19)24(34)30(20)28-22(32)15-6-4-8-17(26)12-15/h1-13,20H,14H2,(H,27,31)(H,28,32). The summed E-state index contributed by atoms with van der Waals surface area (Å²) in [6.07, 6.45) is -0.280. The van der Waals surface area contributed by atoms with Crippen LogP contribution in [0.25, 0.3) is 0 Å². The normalized spacial score (nSPS) is 15.4. The molecule has 172 valence electrons. The number of nitrogens with one attached hydrogen (secondary N) is 2. The number of carbonyl (C=O) groups excluding carboxylic acids is 3. The van der Waals surface area contributed by atoms with E-state index in [1.54, 1.807) is 48.5 Å². The number of hydrogen-bond donors (Lipinski definition) is 2. The molecule has 1 saturated heterocycles. The van der Waals surface area contributed by atoms with Gasteiger partial charge in [-0.3, -0.25) is 24.7 Å². The number of hydrazine groups is 1. The highest BCUT2D eigenvalue weighted by molar-refractivity contribution is 9.10. The Kier molecular flexibility index (Phi) is 6.99. The van der Waals surface area contributed by atoms with Crippen LogP contribution in [0.3, 0.4) is 0 Å². The average Bonchev–Trinajstić information content (AvgIpc) is 3.03. The summed E-state index contributed by atoms with van der Waals surface area (Å²) in [7, 11) is 0. The van der Waals surface area contributed by atoms with Gasteiger partial charge >= 0.3 is 0 Å². The fourth-order valence-electron chi connectivity index (χ4n) is 3.47. The van der Waals surface area contributed by atoms with Crippen molar-refractivity contribution in [1.29, 1.82) is 0 Å². The number of thiocarbonyl (C=S) groups is 1. The van der Waals surface area contributed by atoms with Crippen LogP contribution in [0.1, 0.15) is 16.8 Å². The van der Waals surface area contributed by atoms with Gasteiger partial charge in [0.1, 0.15) is 11.9 Å². The highest BCUT2D eigenvalue weighted by Crippen LogP contribution is 2.26. The predicted octanol–water partition coefficient (Wildman–Crippen LogP) is 4.26. The lowest BCUT2D eigenvalue weighted by atomic mass is 10.1. The Morgan fingerprint density at radius 2 is 1.74 bits per heavy atom. The zero-order valence-electron chi connectivity index (χ0n) is 17.6. The number of anilines is 2. The molecule has 0 aromatic heterocycles. The minimum Gasteiger partial charge on any atom is -0.326 e. The third-order valence-corrected chi connectivity index (χ3v) is 5.90. The smallest absolute Gasteiger partial charge is 0.269 e. The monoisotopic (exact) mass is 540 g/mol. The number of carbonyl (C=O) groups is 3. The third kappa shape index (κ3) is 5.13. The van der Waals surface area contributed by atoms with Gasteiger partial charge in [0, 0.05) is 15.7 Å². The van der Waals surface area contributed by atoms with Crippen LogP contribution in [0.2, 0.25) is 0 Å². The molecule has 10 heteroatoms. The maximum Gasteiger partial charge on any atom is 0.269 e. The fraction of sp³-hybridized carbons (Fsp3) is 0.0833. The Balaban J connectivity index is 1.60.